The number of thioether (sulfide) groups is 2. The molecule has 0 spiro atoms. The number of carbonyl (C=O) groups excluding carboxylic acids is 2. The van der Waals surface area contributed by atoms with Crippen LogP contribution in [0.15, 0.2) is 82.8 Å². The minimum Gasteiger partial charge on any atom is -0.325 e. The average molecular weight is 511 g/mol. The minimum atomic E-state index is -0.228. The third-order valence-corrected chi connectivity index (χ3v) is 6.84. The van der Waals surface area contributed by atoms with Crippen molar-refractivity contribution in [3.63, 3.8) is 0 Å². The molecule has 0 unspecified atom stereocenters. The van der Waals surface area contributed by atoms with Gasteiger partial charge in [-0.25, -0.2) is 9.97 Å². The quantitative estimate of drug-likeness (QED) is 0.322. The smallest absolute Gasteiger partial charge is 0.234 e. The number of carbonyl (C=O) groups is 2. The van der Waals surface area contributed by atoms with Crippen LogP contribution in [0.25, 0.3) is 11.0 Å². The van der Waals surface area contributed by atoms with E-state index in [0.29, 0.717) is 43.6 Å². The lowest BCUT2D eigenvalue weighted by Gasteiger charge is -2.10. The Balaban J connectivity index is 1.42. The number of benzene rings is 3. The van der Waals surface area contributed by atoms with Crippen LogP contribution >= 0.6 is 23.5 Å². The summed E-state index contributed by atoms with van der Waals surface area (Å²) in [6.45, 7) is 0. The normalized spacial score (nSPS) is 10.3. The number of fused-ring (bicyclic) bond motifs is 1. The van der Waals surface area contributed by atoms with E-state index in [4.69, 9.17) is 10.5 Å². The Hall–Kier alpha value is -4.38. The SMILES string of the molecule is N#Cc1ccc(NC(=O)CSc2nc3ccccc3nc2SCC(=O)Nc2ccc(C#N)cc2)cc1. The van der Waals surface area contributed by atoms with Crippen LogP contribution in [0, 0.1) is 22.7 Å². The number of amides is 2. The molecule has 1 heterocycles. The van der Waals surface area contributed by atoms with Crippen molar-refractivity contribution in [2.45, 2.75) is 10.1 Å². The van der Waals surface area contributed by atoms with Gasteiger partial charge < -0.3 is 10.6 Å². The zero-order valence-electron chi connectivity index (χ0n) is 18.8. The number of anilines is 2. The van der Waals surface area contributed by atoms with E-state index in [0.717, 1.165) is 0 Å². The Morgan fingerprint density at radius 3 is 1.42 bits per heavy atom. The summed E-state index contributed by atoms with van der Waals surface area (Å²) in [6, 6.07) is 24.7. The third kappa shape index (κ3) is 6.60. The predicted molar refractivity (Wildman–Crippen MR) is 141 cm³/mol. The monoisotopic (exact) mass is 510 g/mol. The largest absolute Gasteiger partial charge is 0.325 e. The highest BCUT2D eigenvalue weighted by Crippen LogP contribution is 2.30. The molecule has 0 saturated carbocycles. The Labute approximate surface area is 215 Å². The highest BCUT2D eigenvalue weighted by Gasteiger charge is 2.15. The van der Waals surface area contributed by atoms with Crippen LogP contribution in [-0.4, -0.2) is 33.3 Å². The predicted octanol–water partition coefficient (Wildman–Crippen LogP) is 4.83. The topological polar surface area (TPSA) is 132 Å². The van der Waals surface area contributed by atoms with Gasteiger partial charge in [0, 0.05) is 11.4 Å². The van der Waals surface area contributed by atoms with Gasteiger partial charge in [-0.3, -0.25) is 9.59 Å². The molecule has 0 radical (unpaired) electrons. The Bertz CT molecular complexity index is 1380. The molecule has 0 aliphatic carbocycles. The molecule has 0 bridgehead atoms. The Morgan fingerprint density at radius 1 is 0.667 bits per heavy atom. The van der Waals surface area contributed by atoms with Gasteiger partial charge in [0.2, 0.25) is 11.8 Å². The third-order valence-electron chi connectivity index (χ3n) is 4.78. The molecule has 176 valence electrons. The maximum atomic E-state index is 12.5. The second-order valence-electron chi connectivity index (χ2n) is 7.37. The van der Waals surface area contributed by atoms with E-state index in [1.807, 2.05) is 36.4 Å². The maximum Gasteiger partial charge on any atom is 0.234 e. The van der Waals surface area contributed by atoms with Crippen molar-refractivity contribution in [2.24, 2.45) is 0 Å². The van der Waals surface area contributed by atoms with Crippen molar-refractivity contribution in [1.82, 2.24) is 9.97 Å². The molecule has 0 aliphatic heterocycles. The average Bonchev–Trinajstić information content (AvgIpc) is 2.91. The molecule has 0 fully saturated rings. The van der Waals surface area contributed by atoms with Crippen LogP contribution in [0.2, 0.25) is 0 Å². The molecule has 36 heavy (non-hydrogen) atoms. The number of hydrogen-bond acceptors (Lipinski definition) is 8. The fraction of sp³-hybridized carbons (Fsp3) is 0.0769. The van der Waals surface area contributed by atoms with Crippen LogP contribution < -0.4 is 10.6 Å². The number of nitrogens with one attached hydrogen (secondary N) is 2. The molecule has 10 heteroatoms. The van der Waals surface area contributed by atoms with Crippen molar-refractivity contribution >= 4 is 57.7 Å². The number of hydrogen-bond donors (Lipinski definition) is 2. The van der Waals surface area contributed by atoms with E-state index in [-0.39, 0.29) is 23.3 Å². The van der Waals surface area contributed by atoms with Crippen molar-refractivity contribution in [3.05, 3.63) is 83.9 Å². The first-order chi connectivity index (χ1) is 17.5. The molecule has 2 N–H and O–H groups in total. The van der Waals surface area contributed by atoms with Crippen LogP contribution in [0.3, 0.4) is 0 Å². The molecule has 4 aromatic rings. The summed E-state index contributed by atoms with van der Waals surface area (Å²) in [5.74, 6) is -0.265. The van der Waals surface area contributed by atoms with Gasteiger partial charge in [0.1, 0.15) is 10.1 Å². The van der Waals surface area contributed by atoms with Gasteiger partial charge >= 0.3 is 0 Å². The van der Waals surface area contributed by atoms with Crippen molar-refractivity contribution < 1.29 is 9.59 Å². The lowest BCUT2D eigenvalue weighted by atomic mass is 10.2. The Morgan fingerprint density at radius 2 is 1.06 bits per heavy atom. The number of aromatic nitrogens is 2. The molecule has 0 aliphatic rings. The van der Waals surface area contributed by atoms with E-state index in [9.17, 15) is 9.59 Å². The zero-order valence-corrected chi connectivity index (χ0v) is 20.4. The van der Waals surface area contributed by atoms with Gasteiger partial charge in [-0.05, 0) is 60.7 Å². The van der Waals surface area contributed by atoms with E-state index in [1.54, 1.807) is 48.5 Å². The van der Waals surface area contributed by atoms with E-state index < -0.39 is 0 Å². The lowest BCUT2D eigenvalue weighted by molar-refractivity contribution is -0.114. The molecule has 4 rings (SSSR count). The summed E-state index contributed by atoms with van der Waals surface area (Å²) < 4.78 is 0. The lowest BCUT2D eigenvalue weighted by Crippen LogP contribution is -2.15. The van der Waals surface area contributed by atoms with Crippen LogP contribution in [0.1, 0.15) is 11.1 Å². The number of rotatable bonds is 8. The van der Waals surface area contributed by atoms with Crippen molar-refractivity contribution in [3.8, 4) is 12.1 Å². The molecule has 0 atom stereocenters. The molecule has 2 amide bonds. The molecule has 3 aromatic carbocycles. The fourth-order valence-electron chi connectivity index (χ4n) is 3.07. The minimum absolute atomic E-state index is 0.0953. The first-order valence-electron chi connectivity index (χ1n) is 10.7. The first-order valence-corrected chi connectivity index (χ1v) is 12.6. The maximum absolute atomic E-state index is 12.5. The van der Waals surface area contributed by atoms with Crippen molar-refractivity contribution in [2.75, 3.05) is 22.1 Å². The van der Waals surface area contributed by atoms with Gasteiger partial charge in [-0.2, -0.15) is 10.5 Å². The summed E-state index contributed by atoms with van der Waals surface area (Å²) in [6.07, 6.45) is 0. The Kier molecular flexibility index (Phi) is 8.14. The number of nitriles is 2. The van der Waals surface area contributed by atoms with Gasteiger partial charge in [0.05, 0.1) is 45.8 Å². The molecule has 0 saturated heterocycles. The van der Waals surface area contributed by atoms with Crippen LogP contribution in [0.4, 0.5) is 11.4 Å². The summed E-state index contributed by atoms with van der Waals surface area (Å²) >= 11 is 2.47. The number of nitrogens with zero attached hydrogens (tertiary/aromatic N) is 4. The van der Waals surface area contributed by atoms with Crippen LogP contribution in [0.5, 0.6) is 0 Å². The van der Waals surface area contributed by atoms with Crippen molar-refractivity contribution in [1.29, 1.82) is 10.5 Å². The van der Waals surface area contributed by atoms with E-state index in [2.05, 4.69) is 20.6 Å². The van der Waals surface area contributed by atoms with E-state index >= 15 is 0 Å². The highest BCUT2D eigenvalue weighted by molar-refractivity contribution is 8.02. The summed E-state index contributed by atoms with van der Waals surface area (Å²) in [7, 11) is 0. The molecule has 8 nitrogen and oxygen atoms in total. The fourth-order valence-corrected chi connectivity index (χ4v) is 4.77. The molecule has 1 aromatic heterocycles. The van der Waals surface area contributed by atoms with E-state index in [1.165, 1.54) is 23.5 Å². The zero-order chi connectivity index (χ0) is 25.3. The van der Waals surface area contributed by atoms with Gasteiger partial charge in [-0.1, -0.05) is 35.7 Å². The van der Waals surface area contributed by atoms with Gasteiger partial charge in [-0.15, -0.1) is 0 Å². The summed E-state index contributed by atoms with van der Waals surface area (Å²) in [5.41, 5.74) is 3.60. The molecular formula is C26H18N6O2S2. The summed E-state index contributed by atoms with van der Waals surface area (Å²) in [5, 5.41) is 24.5. The molecular weight excluding hydrogens is 492 g/mol. The second kappa shape index (κ2) is 11.8. The van der Waals surface area contributed by atoms with Crippen LogP contribution in [-0.2, 0) is 9.59 Å². The second-order valence-corrected chi connectivity index (χ2v) is 9.30. The first kappa shape index (κ1) is 24.7. The highest BCUT2D eigenvalue weighted by atomic mass is 32.2. The number of para-hydroxylation sites is 2. The standard InChI is InChI=1S/C26H18N6O2S2/c27-13-17-5-9-19(10-6-17)29-23(33)15-35-25-26(32-22-4-2-1-3-21(22)31-25)36-16-24(34)30-20-11-7-18(14-28)8-12-20/h1-12H,15-16H2,(H,29,33)(H,30,34). The van der Waals surface area contributed by atoms with Gasteiger partial charge in [0.25, 0.3) is 0 Å². The van der Waals surface area contributed by atoms with Gasteiger partial charge in [0.15, 0.2) is 0 Å². The summed E-state index contributed by atoms with van der Waals surface area (Å²) in [4.78, 5) is 34.3.